The van der Waals surface area contributed by atoms with Crippen molar-refractivity contribution in [2.45, 2.75) is 0 Å². The Balaban J connectivity index is 2.07. The molecular formula is C26H31NO7. The van der Waals surface area contributed by atoms with Crippen molar-refractivity contribution in [3.63, 3.8) is 0 Å². The third-order valence-corrected chi connectivity index (χ3v) is 5.59. The lowest BCUT2D eigenvalue weighted by Crippen LogP contribution is -2.34. The Hall–Kier alpha value is -3.65. The molecule has 1 fully saturated rings. The van der Waals surface area contributed by atoms with Gasteiger partial charge in [-0.3, -0.25) is 9.69 Å². The molecule has 0 N–H and O–H groups in total. The second-order valence-electron chi connectivity index (χ2n) is 7.69. The normalized spacial score (nSPS) is 16.5. The van der Waals surface area contributed by atoms with Gasteiger partial charge in [0.05, 0.1) is 42.7 Å². The van der Waals surface area contributed by atoms with Crippen LogP contribution in [0.5, 0.6) is 34.5 Å². The van der Waals surface area contributed by atoms with Gasteiger partial charge in [0.2, 0.25) is 11.5 Å². The lowest BCUT2D eigenvalue weighted by molar-refractivity contribution is -0.113. The van der Waals surface area contributed by atoms with Crippen LogP contribution in [0.25, 0.3) is 12.2 Å². The summed E-state index contributed by atoms with van der Waals surface area (Å²) in [6.07, 6.45) is 3.66. The number of carbonyl (C=O) groups excluding carboxylic acids is 1. The lowest BCUT2D eigenvalue weighted by atomic mass is 9.94. The number of likely N-dealkylation sites (N-methyl/N-ethyl adjacent to an activating group) is 1. The van der Waals surface area contributed by atoms with Gasteiger partial charge in [0.1, 0.15) is 0 Å². The number of rotatable bonds is 8. The fraction of sp³-hybridized carbons (Fsp3) is 0.346. The van der Waals surface area contributed by atoms with Crippen LogP contribution in [-0.2, 0) is 4.79 Å². The maximum atomic E-state index is 13.5. The first kappa shape index (κ1) is 25.0. The minimum atomic E-state index is -0.0493. The average molecular weight is 470 g/mol. The number of ketones is 1. The van der Waals surface area contributed by atoms with E-state index < -0.39 is 0 Å². The second kappa shape index (κ2) is 11.0. The largest absolute Gasteiger partial charge is 0.493 e. The highest BCUT2D eigenvalue weighted by molar-refractivity contribution is 6.15. The van der Waals surface area contributed by atoms with E-state index in [0.29, 0.717) is 58.7 Å². The van der Waals surface area contributed by atoms with Crippen LogP contribution in [0, 0.1) is 0 Å². The summed E-state index contributed by atoms with van der Waals surface area (Å²) in [5.41, 5.74) is 2.71. The summed E-state index contributed by atoms with van der Waals surface area (Å²) in [6, 6.07) is 7.26. The van der Waals surface area contributed by atoms with Crippen molar-refractivity contribution in [1.82, 2.24) is 4.90 Å². The highest BCUT2D eigenvalue weighted by Gasteiger charge is 2.26. The highest BCUT2D eigenvalue weighted by Crippen LogP contribution is 2.42. The third-order valence-electron chi connectivity index (χ3n) is 5.59. The average Bonchev–Trinajstić information content (AvgIpc) is 2.85. The smallest absolute Gasteiger partial charge is 0.203 e. The van der Waals surface area contributed by atoms with Gasteiger partial charge in [-0.15, -0.1) is 0 Å². The summed E-state index contributed by atoms with van der Waals surface area (Å²) in [5, 5.41) is 0. The predicted octanol–water partition coefficient (Wildman–Crippen LogP) is 3.72. The van der Waals surface area contributed by atoms with Crippen molar-refractivity contribution >= 4 is 17.9 Å². The Kier molecular flexibility index (Phi) is 8.07. The SMILES string of the molecule is COc1ccc(/C=C2/CN(C)C/C(=C/c3ccc(OC)c(OC)c3OC)C2=O)c(OC)c1OC. The molecule has 1 saturated heterocycles. The van der Waals surface area contributed by atoms with Crippen LogP contribution in [-0.4, -0.2) is 73.5 Å². The van der Waals surface area contributed by atoms with Gasteiger partial charge in [-0.2, -0.15) is 0 Å². The quantitative estimate of drug-likeness (QED) is 0.542. The molecule has 1 aliphatic heterocycles. The Labute approximate surface area is 200 Å². The molecule has 0 spiro atoms. The van der Waals surface area contributed by atoms with Gasteiger partial charge in [0.15, 0.2) is 28.8 Å². The summed E-state index contributed by atoms with van der Waals surface area (Å²) >= 11 is 0. The topological polar surface area (TPSA) is 75.7 Å². The molecule has 8 heteroatoms. The highest BCUT2D eigenvalue weighted by atomic mass is 16.5. The van der Waals surface area contributed by atoms with Crippen LogP contribution < -0.4 is 28.4 Å². The van der Waals surface area contributed by atoms with E-state index in [-0.39, 0.29) is 5.78 Å². The monoisotopic (exact) mass is 469 g/mol. The number of piperidine rings is 1. The van der Waals surface area contributed by atoms with Crippen LogP contribution in [0.15, 0.2) is 35.4 Å². The van der Waals surface area contributed by atoms with Crippen LogP contribution >= 0.6 is 0 Å². The third kappa shape index (κ3) is 4.82. The molecule has 2 aromatic rings. The van der Waals surface area contributed by atoms with Crippen molar-refractivity contribution in [1.29, 1.82) is 0 Å². The number of likely N-dealkylation sites (tertiary alicyclic amines) is 1. The van der Waals surface area contributed by atoms with Crippen molar-refractivity contribution in [3.05, 3.63) is 46.5 Å². The minimum Gasteiger partial charge on any atom is -0.493 e. The van der Waals surface area contributed by atoms with Crippen LogP contribution in [0.1, 0.15) is 11.1 Å². The van der Waals surface area contributed by atoms with Crippen molar-refractivity contribution in [2.24, 2.45) is 0 Å². The molecule has 8 nitrogen and oxygen atoms in total. The van der Waals surface area contributed by atoms with Crippen molar-refractivity contribution in [3.8, 4) is 34.5 Å². The lowest BCUT2D eigenvalue weighted by Gasteiger charge is -2.26. The molecule has 1 heterocycles. The van der Waals surface area contributed by atoms with Gasteiger partial charge in [-0.1, -0.05) is 0 Å². The van der Waals surface area contributed by atoms with Crippen LogP contribution in [0.2, 0.25) is 0 Å². The minimum absolute atomic E-state index is 0.0493. The van der Waals surface area contributed by atoms with Crippen LogP contribution in [0.3, 0.4) is 0 Å². The second-order valence-corrected chi connectivity index (χ2v) is 7.69. The molecular weight excluding hydrogens is 438 g/mol. The number of hydrogen-bond donors (Lipinski definition) is 0. The maximum absolute atomic E-state index is 13.5. The van der Waals surface area contributed by atoms with Gasteiger partial charge in [0.25, 0.3) is 0 Å². The summed E-state index contributed by atoms with van der Waals surface area (Å²) in [6.45, 7) is 0.994. The summed E-state index contributed by atoms with van der Waals surface area (Å²) in [4.78, 5) is 15.5. The molecule has 0 saturated carbocycles. The predicted molar refractivity (Wildman–Crippen MR) is 131 cm³/mol. The van der Waals surface area contributed by atoms with Crippen molar-refractivity contribution in [2.75, 3.05) is 62.8 Å². The van der Waals surface area contributed by atoms with E-state index in [1.165, 1.54) is 0 Å². The zero-order valence-corrected chi connectivity index (χ0v) is 20.7. The molecule has 0 bridgehead atoms. The Morgan fingerprint density at radius 2 is 1.00 bits per heavy atom. The van der Waals surface area contributed by atoms with E-state index in [4.69, 9.17) is 28.4 Å². The van der Waals surface area contributed by atoms with Crippen LogP contribution in [0.4, 0.5) is 0 Å². The van der Waals surface area contributed by atoms with E-state index in [1.807, 2.05) is 31.3 Å². The maximum Gasteiger partial charge on any atom is 0.203 e. The first-order chi connectivity index (χ1) is 16.4. The number of carbonyl (C=O) groups is 1. The number of nitrogens with zero attached hydrogens (tertiary/aromatic N) is 1. The van der Waals surface area contributed by atoms with Gasteiger partial charge in [-0.05, 0) is 43.5 Å². The van der Waals surface area contributed by atoms with Crippen molar-refractivity contribution < 1.29 is 33.2 Å². The molecule has 0 radical (unpaired) electrons. The van der Waals surface area contributed by atoms with E-state index in [0.717, 1.165) is 11.1 Å². The summed E-state index contributed by atoms with van der Waals surface area (Å²) in [5.74, 6) is 3.00. The van der Waals surface area contributed by atoms with Gasteiger partial charge in [0, 0.05) is 35.4 Å². The molecule has 1 aliphatic rings. The van der Waals surface area contributed by atoms with Gasteiger partial charge in [-0.25, -0.2) is 0 Å². The van der Waals surface area contributed by atoms with E-state index in [1.54, 1.807) is 54.8 Å². The number of benzene rings is 2. The molecule has 0 aromatic heterocycles. The van der Waals surface area contributed by atoms with E-state index in [9.17, 15) is 4.79 Å². The first-order valence-corrected chi connectivity index (χ1v) is 10.6. The molecule has 2 aromatic carbocycles. The standard InChI is InChI=1S/C26H31NO7/c1-27-14-18(12-16-8-10-20(29-2)25(33-6)23(16)31-4)22(28)19(15-27)13-17-9-11-21(30-3)26(34-7)24(17)32-5/h8-13H,14-15H2,1-7H3/b18-12-,19-13-. The van der Waals surface area contributed by atoms with E-state index in [2.05, 4.69) is 4.90 Å². The number of Topliss-reactive ketones (excluding diaryl/α,β-unsaturated/α-hetero) is 1. The molecule has 3 rings (SSSR count). The van der Waals surface area contributed by atoms with Gasteiger partial charge >= 0.3 is 0 Å². The molecule has 0 atom stereocenters. The molecule has 182 valence electrons. The Morgan fingerprint density at radius 3 is 1.32 bits per heavy atom. The zero-order chi connectivity index (χ0) is 24.8. The molecule has 0 unspecified atom stereocenters. The fourth-order valence-corrected chi connectivity index (χ4v) is 4.06. The molecule has 0 amide bonds. The number of hydrogen-bond acceptors (Lipinski definition) is 8. The van der Waals surface area contributed by atoms with E-state index >= 15 is 0 Å². The summed E-state index contributed by atoms with van der Waals surface area (Å²) < 4.78 is 32.8. The Bertz CT molecular complexity index is 1040. The Morgan fingerprint density at radius 1 is 0.618 bits per heavy atom. The zero-order valence-electron chi connectivity index (χ0n) is 20.7. The molecule has 34 heavy (non-hydrogen) atoms. The number of methoxy groups -OCH3 is 6. The number of ether oxygens (including phenoxy) is 6. The first-order valence-electron chi connectivity index (χ1n) is 10.6. The fourth-order valence-electron chi connectivity index (χ4n) is 4.06. The summed E-state index contributed by atoms with van der Waals surface area (Å²) in [7, 11) is 11.3. The molecule has 0 aliphatic carbocycles. The van der Waals surface area contributed by atoms with Gasteiger partial charge < -0.3 is 28.4 Å².